The van der Waals surface area contributed by atoms with Crippen LogP contribution in [0.1, 0.15) is 34.8 Å². The van der Waals surface area contributed by atoms with Crippen LogP contribution in [0.2, 0.25) is 0 Å². The summed E-state index contributed by atoms with van der Waals surface area (Å²) in [4.78, 5) is 44.8. The molecule has 0 saturated heterocycles. The fourth-order valence-corrected chi connectivity index (χ4v) is 8.64. The number of nitrogens with two attached hydrogens (primary N) is 1. The number of hydrazone groups is 2. The van der Waals surface area contributed by atoms with E-state index in [4.69, 9.17) is 20.4 Å². The minimum absolute atomic E-state index is 0.150. The number of carbonyl (C=O) groups excluding carboxylic acids is 2. The number of hydrogen-bond acceptors (Lipinski definition) is 19. The van der Waals surface area contributed by atoms with Crippen molar-refractivity contribution in [2.45, 2.75) is 31.6 Å². The van der Waals surface area contributed by atoms with Crippen LogP contribution in [0.4, 0.5) is 16.1 Å². The van der Waals surface area contributed by atoms with Crippen molar-refractivity contribution in [3.8, 4) is 22.5 Å². The number of thiazole rings is 2. The van der Waals surface area contributed by atoms with Gasteiger partial charge in [-0.05, 0) is 24.1 Å². The molecule has 0 aliphatic carbocycles. The Morgan fingerprint density at radius 3 is 2.51 bits per heavy atom. The Bertz CT molecular complexity index is 3010. The Kier molecular flexibility index (Phi) is 14.3. The molecule has 0 bridgehead atoms. The Morgan fingerprint density at radius 1 is 0.896 bits per heavy atom. The molecule has 3 aromatic carbocycles. The van der Waals surface area contributed by atoms with Crippen LogP contribution >= 0.6 is 34.4 Å². The predicted octanol–water partition coefficient (Wildman–Crippen LogP) is 5.65. The van der Waals surface area contributed by atoms with E-state index in [9.17, 15) is 9.59 Å². The first-order valence-corrected chi connectivity index (χ1v) is 24.0. The van der Waals surface area contributed by atoms with E-state index in [1.165, 1.54) is 27.7 Å². The topological polar surface area (TPSA) is 246 Å². The minimum atomic E-state index is -0.417. The normalized spacial score (nSPS) is 13.2. The highest BCUT2D eigenvalue weighted by atomic mass is 32.2. The van der Waals surface area contributed by atoms with Crippen molar-refractivity contribution in [1.82, 2.24) is 55.2 Å². The van der Waals surface area contributed by atoms with Crippen LogP contribution in [0, 0.1) is 0 Å². The molecule has 8 aromatic rings. The first kappa shape index (κ1) is 44.9. The van der Waals surface area contributed by atoms with Crippen LogP contribution in [0.15, 0.2) is 117 Å². The van der Waals surface area contributed by atoms with Gasteiger partial charge in [0.1, 0.15) is 11.4 Å². The van der Waals surface area contributed by atoms with E-state index < -0.39 is 5.91 Å². The Balaban J connectivity index is 0.728. The van der Waals surface area contributed by atoms with Crippen molar-refractivity contribution in [2.24, 2.45) is 15.9 Å². The van der Waals surface area contributed by atoms with Crippen LogP contribution in [0.3, 0.4) is 0 Å². The predicted molar refractivity (Wildman–Crippen MR) is 261 cm³/mol. The number of benzene rings is 3. The number of thioether (sulfide) groups is 1. The van der Waals surface area contributed by atoms with Gasteiger partial charge < -0.3 is 21.1 Å². The van der Waals surface area contributed by atoms with Gasteiger partial charge in [0.25, 0.3) is 5.91 Å². The maximum Gasteiger partial charge on any atom is 0.303 e. The van der Waals surface area contributed by atoms with Gasteiger partial charge in [-0.25, -0.2) is 29.3 Å². The fraction of sp³-hybridized carbons (Fsp3) is 0.227. The maximum absolute atomic E-state index is 13.6. The molecule has 0 radical (unpaired) electrons. The average Bonchev–Trinajstić information content (AvgIpc) is 4.24. The number of aromatic nitrogens is 10. The van der Waals surface area contributed by atoms with E-state index >= 15 is 0 Å². The molecule has 5 N–H and O–H groups in total. The third-order valence-corrected chi connectivity index (χ3v) is 12.6. The van der Waals surface area contributed by atoms with Crippen LogP contribution in [0.5, 0.6) is 0 Å². The summed E-state index contributed by atoms with van der Waals surface area (Å²) >= 11 is 4.25. The molecule has 6 heterocycles. The first-order valence-electron chi connectivity index (χ1n) is 21.3. The van der Waals surface area contributed by atoms with E-state index in [1.54, 1.807) is 39.5 Å². The zero-order valence-corrected chi connectivity index (χ0v) is 38.5. The number of ether oxygens (including phenoxy) is 1. The van der Waals surface area contributed by atoms with Crippen molar-refractivity contribution in [1.29, 1.82) is 0 Å². The third kappa shape index (κ3) is 10.7. The number of nitrogens with one attached hydrogen (secondary N) is 3. The highest BCUT2D eigenvalue weighted by Crippen LogP contribution is 2.31. The Morgan fingerprint density at radius 2 is 1.72 bits per heavy atom. The molecule has 20 nitrogen and oxygen atoms in total. The molecule has 2 amide bonds. The highest BCUT2D eigenvalue weighted by molar-refractivity contribution is 7.99. The van der Waals surface area contributed by atoms with Gasteiger partial charge in [0.2, 0.25) is 10.3 Å². The van der Waals surface area contributed by atoms with Gasteiger partial charge in [0.15, 0.2) is 27.8 Å². The van der Waals surface area contributed by atoms with E-state index in [-0.39, 0.29) is 11.6 Å². The lowest BCUT2D eigenvalue weighted by molar-refractivity contribution is -0.112. The second-order valence-electron chi connectivity index (χ2n) is 14.7. The first-order chi connectivity index (χ1) is 32.9. The molecule has 5 aromatic heterocycles. The van der Waals surface area contributed by atoms with Crippen molar-refractivity contribution in [3.05, 3.63) is 119 Å². The van der Waals surface area contributed by atoms with Gasteiger partial charge in [0, 0.05) is 64.6 Å². The maximum atomic E-state index is 13.6. The number of hydrogen-bond donors (Lipinski definition) is 4. The van der Waals surface area contributed by atoms with Crippen molar-refractivity contribution < 1.29 is 14.3 Å². The van der Waals surface area contributed by atoms with E-state index in [0.717, 1.165) is 40.1 Å². The molecule has 9 rings (SSSR count). The monoisotopic (exact) mass is 953 g/mol. The molecule has 1 aliphatic heterocycles. The van der Waals surface area contributed by atoms with Crippen molar-refractivity contribution in [2.75, 3.05) is 54.4 Å². The molecule has 0 fully saturated rings. The lowest BCUT2D eigenvalue weighted by Gasteiger charge is -2.08. The zero-order valence-electron chi connectivity index (χ0n) is 36.0. The molecule has 0 unspecified atom stereocenters. The summed E-state index contributed by atoms with van der Waals surface area (Å²) in [5.74, 6) is 0.899. The summed E-state index contributed by atoms with van der Waals surface area (Å²) in [6.07, 6.45) is 4.54. The summed E-state index contributed by atoms with van der Waals surface area (Å²) in [5, 5.41) is 39.0. The van der Waals surface area contributed by atoms with Gasteiger partial charge in [-0.1, -0.05) is 95.8 Å². The summed E-state index contributed by atoms with van der Waals surface area (Å²) < 4.78 is 9.30. The van der Waals surface area contributed by atoms with Crippen molar-refractivity contribution >= 4 is 84.9 Å². The summed E-state index contributed by atoms with van der Waals surface area (Å²) in [7, 11) is 0. The van der Waals surface area contributed by atoms with Gasteiger partial charge in [0.05, 0.1) is 38.2 Å². The minimum Gasteiger partial charge on any atom is -0.378 e. The number of rotatable bonds is 21. The highest BCUT2D eigenvalue weighted by Gasteiger charge is 2.36. The standard InChI is InChI=1S/C44H43N17O3S3/c1-2-23-65-43-50-38(46-17-16-45)37-39(51-43)60(58-54-37)25-28-8-10-29(11-9-28)33-26-59(57-52-33)20-22-64-21-18-47-40(62)32-14-12-30(13-15-32)34-27-67-44(49-34)61-41(63)36(53-55-42-48-19-24-66-42)35(56-61)31-6-4-3-5-7-31/h3-15,19,24,26-27H,2,16-18,20-23,25,45H2,1H3,(H,47,62)(H,48,55)(H,46,50,51). The number of anilines is 3. The molecule has 1 aliphatic rings. The second-order valence-corrected chi connectivity index (χ2v) is 17.5. The SMILES string of the molecule is CCCSc1nc(NCCN)c2nnn(Cc3ccc(-c4cn(CCOCCNC(=O)c5ccc(-c6csc(N7N=C(c8ccccc8)C(=NNc8nccs8)C7=O)n6)cc5)nn4)cc3)c2n1. The van der Waals surface area contributed by atoms with Gasteiger partial charge >= 0.3 is 5.91 Å². The molecular formula is C44H43N17O3S3. The van der Waals surface area contributed by atoms with Crippen LogP contribution in [-0.2, 0) is 22.6 Å². The molecule has 340 valence electrons. The third-order valence-electron chi connectivity index (χ3n) is 10.0. The quantitative estimate of drug-likeness (QED) is 0.0294. The van der Waals surface area contributed by atoms with Gasteiger partial charge in [-0.3, -0.25) is 15.0 Å². The fourth-order valence-electron chi connectivity index (χ4n) is 6.69. The molecule has 0 atom stereocenters. The number of carbonyl (C=O) groups is 2. The molecule has 0 saturated carbocycles. The summed E-state index contributed by atoms with van der Waals surface area (Å²) in [6, 6.07) is 24.5. The van der Waals surface area contributed by atoms with Gasteiger partial charge in [-0.2, -0.15) is 15.2 Å². The summed E-state index contributed by atoms with van der Waals surface area (Å²) in [5.41, 5.74) is 15.8. The lowest BCUT2D eigenvalue weighted by Crippen LogP contribution is -2.28. The number of fused-ring (bicyclic) bond motifs is 1. The van der Waals surface area contributed by atoms with Crippen LogP contribution in [-0.4, -0.2) is 112 Å². The molecule has 0 spiro atoms. The van der Waals surface area contributed by atoms with E-state index in [1.807, 2.05) is 83.7 Å². The van der Waals surface area contributed by atoms with Crippen molar-refractivity contribution in [3.63, 3.8) is 0 Å². The Labute approximate surface area is 395 Å². The molecular weight excluding hydrogens is 911 g/mol. The number of amides is 2. The van der Waals surface area contributed by atoms with E-state index in [2.05, 4.69) is 63.8 Å². The summed E-state index contributed by atoms with van der Waals surface area (Å²) in [6.45, 7) is 5.17. The lowest BCUT2D eigenvalue weighted by atomic mass is 10.1. The number of nitrogens with zero attached hydrogens (tertiary/aromatic N) is 13. The molecule has 23 heteroatoms. The van der Waals surface area contributed by atoms with E-state index in [0.29, 0.717) is 95.3 Å². The zero-order chi connectivity index (χ0) is 46.0. The van der Waals surface area contributed by atoms with Crippen LogP contribution < -0.4 is 26.8 Å². The second kappa shape index (κ2) is 21.3. The smallest absolute Gasteiger partial charge is 0.303 e. The van der Waals surface area contributed by atoms with Crippen LogP contribution in [0.25, 0.3) is 33.7 Å². The largest absolute Gasteiger partial charge is 0.378 e. The Hall–Kier alpha value is -7.31. The average molecular weight is 954 g/mol. The van der Waals surface area contributed by atoms with Gasteiger partial charge in [-0.15, -0.1) is 32.9 Å². The molecule has 67 heavy (non-hydrogen) atoms.